The zero-order chi connectivity index (χ0) is 14.8. The van der Waals surface area contributed by atoms with Gasteiger partial charge in [-0.1, -0.05) is 12.1 Å². The summed E-state index contributed by atoms with van der Waals surface area (Å²) >= 11 is 0. The van der Waals surface area contributed by atoms with Gasteiger partial charge >= 0.3 is 5.97 Å². The lowest BCUT2D eigenvalue weighted by Crippen LogP contribution is -2.33. The molecule has 0 radical (unpaired) electrons. The van der Waals surface area contributed by atoms with Crippen LogP contribution in [0.4, 0.5) is 5.69 Å². The van der Waals surface area contributed by atoms with Gasteiger partial charge in [0.2, 0.25) is 5.91 Å². The zero-order valence-corrected chi connectivity index (χ0v) is 12.1. The van der Waals surface area contributed by atoms with Gasteiger partial charge in [-0.05, 0) is 38.3 Å². The first-order valence-electron chi connectivity index (χ1n) is 7.52. The number of carbonyl (C=O) groups is 2. The first-order chi connectivity index (χ1) is 10.2. The van der Waals surface area contributed by atoms with Gasteiger partial charge < -0.3 is 15.4 Å². The topological polar surface area (TPSA) is 67.4 Å². The molecule has 2 fully saturated rings. The first-order valence-corrected chi connectivity index (χ1v) is 7.52. The van der Waals surface area contributed by atoms with Gasteiger partial charge in [0.25, 0.3) is 0 Å². The summed E-state index contributed by atoms with van der Waals surface area (Å²) in [6, 6.07) is 7.74. The summed E-state index contributed by atoms with van der Waals surface area (Å²) in [7, 11) is 0. The Labute approximate surface area is 124 Å². The molecule has 2 saturated heterocycles. The molecular weight excluding hydrogens is 268 g/mol. The van der Waals surface area contributed by atoms with Gasteiger partial charge in [0.1, 0.15) is 0 Å². The summed E-state index contributed by atoms with van der Waals surface area (Å²) in [5.41, 5.74) is 0.938. The number of nitrogens with one attached hydrogen (secondary N) is 2. The van der Waals surface area contributed by atoms with Crippen LogP contribution in [0.1, 0.15) is 36.5 Å². The lowest BCUT2D eigenvalue weighted by Gasteiger charge is -2.20. The van der Waals surface area contributed by atoms with Crippen molar-refractivity contribution < 1.29 is 14.3 Å². The Morgan fingerprint density at radius 2 is 2.14 bits per heavy atom. The first kappa shape index (κ1) is 14.1. The van der Waals surface area contributed by atoms with Crippen molar-refractivity contribution in [2.45, 2.75) is 38.3 Å². The summed E-state index contributed by atoms with van der Waals surface area (Å²) in [5.74, 6) is -0.412. The van der Waals surface area contributed by atoms with Gasteiger partial charge in [0, 0.05) is 12.1 Å². The van der Waals surface area contributed by atoms with E-state index in [9.17, 15) is 9.59 Å². The summed E-state index contributed by atoms with van der Waals surface area (Å²) in [5, 5.41) is 6.35. The highest BCUT2D eigenvalue weighted by Crippen LogP contribution is 2.34. The number of anilines is 1. The highest BCUT2D eigenvalue weighted by Gasteiger charge is 2.42. The molecule has 1 aromatic carbocycles. The molecular formula is C16H20N2O3. The molecule has 21 heavy (non-hydrogen) atoms. The fourth-order valence-electron chi connectivity index (χ4n) is 3.32. The molecule has 5 nitrogen and oxygen atoms in total. The van der Waals surface area contributed by atoms with Crippen LogP contribution >= 0.6 is 0 Å². The number of carbonyl (C=O) groups excluding carboxylic acids is 2. The molecule has 3 unspecified atom stereocenters. The van der Waals surface area contributed by atoms with Crippen LogP contribution in [0.2, 0.25) is 0 Å². The number of rotatable bonds is 4. The van der Waals surface area contributed by atoms with E-state index in [2.05, 4.69) is 10.6 Å². The van der Waals surface area contributed by atoms with Crippen molar-refractivity contribution in [3.05, 3.63) is 29.8 Å². The third kappa shape index (κ3) is 2.78. The number of para-hydroxylation sites is 1. The second-order valence-corrected chi connectivity index (χ2v) is 5.64. The highest BCUT2D eigenvalue weighted by molar-refractivity contribution is 6.02. The van der Waals surface area contributed by atoms with Crippen molar-refractivity contribution >= 4 is 17.6 Å². The number of amides is 1. The second-order valence-electron chi connectivity index (χ2n) is 5.64. The van der Waals surface area contributed by atoms with Crippen LogP contribution in [-0.4, -0.2) is 30.6 Å². The van der Waals surface area contributed by atoms with Crippen LogP contribution in [0.3, 0.4) is 0 Å². The molecule has 2 aliphatic heterocycles. The van der Waals surface area contributed by atoms with Gasteiger partial charge in [0.05, 0.1) is 23.8 Å². The Kier molecular flexibility index (Phi) is 3.92. The second kappa shape index (κ2) is 5.85. The Bertz CT molecular complexity index is 558. The van der Waals surface area contributed by atoms with E-state index in [1.54, 1.807) is 31.2 Å². The van der Waals surface area contributed by atoms with Crippen molar-refractivity contribution in [3.63, 3.8) is 0 Å². The third-order valence-electron chi connectivity index (χ3n) is 4.32. The van der Waals surface area contributed by atoms with E-state index in [4.69, 9.17) is 4.74 Å². The lowest BCUT2D eigenvalue weighted by atomic mass is 9.88. The minimum absolute atomic E-state index is 0.000924. The number of hydrogen-bond donors (Lipinski definition) is 2. The average Bonchev–Trinajstić information content (AvgIpc) is 3.10. The Hall–Kier alpha value is -1.88. The molecule has 2 aliphatic rings. The molecule has 2 N–H and O–H groups in total. The number of ether oxygens (including phenoxy) is 1. The fraction of sp³-hybridized carbons (Fsp3) is 0.500. The Morgan fingerprint density at radius 1 is 1.33 bits per heavy atom. The molecule has 1 amide bonds. The summed E-state index contributed by atoms with van der Waals surface area (Å²) in [6.07, 6.45) is 3.11. The third-order valence-corrected chi connectivity index (χ3v) is 4.32. The van der Waals surface area contributed by atoms with Gasteiger partial charge in [-0.2, -0.15) is 0 Å². The molecule has 5 heteroatoms. The van der Waals surface area contributed by atoms with Crippen molar-refractivity contribution in [2.75, 3.05) is 11.9 Å². The van der Waals surface area contributed by atoms with E-state index >= 15 is 0 Å². The summed E-state index contributed by atoms with van der Waals surface area (Å²) in [4.78, 5) is 24.3. The minimum Gasteiger partial charge on any atom is -0.462 e. The van der Waals surface area contributed by atoms with E-state index in [1.165, 1.54) is 0 Å². The molecule has 0 spiro atoms. The smallest absolute Gasteiger partial charge is 0.340 e. The monoisotopic (exact) mass is 288 g/mol. The van der Waals surface area contributed by atoms with E-state index < -0.39 is 5.97 Å². The molecule has 1 aromatic rings. The Morgan fingerprint density at radius 3 is 2.81 bits per heavy atom. The van der Waals surface area contributed by atoms with Crippen molar-refractivity contribution in [1.29, 1.82) is 0 Å². The molecule has 112 valence electrons. The quantitative estimate of drug-likeness (QED) is 0.831. The number of hydrogen-bond acceptors (Lipinski definition) is 4. The predicted molar refractivity (Wildman–Crippen MR) is 79.1 cm³/mol. The van der Waals surface area contributed by atoms with Gasteiger partial charge in [-0.15, -0.1) is 0 Å². The van der Waals surface area contributed by atoms with Crippen molar-refractivity contribution in [1.82, 2.24) is 5.32 Å². The number of fused-ring (bicyclic) bond motifs is 2. The predicted octanol–water partition coefficient (Wildman–Crippen LogP) is 1.94. The van der Waals surface area contributed by atoms with Crippen molar-refractivity contribution in [3.8, 4) is 0 Å². The molecule has 2 bridgehead atoms. The maximum absolute atomic E-state index is 12.4. The largest absolute Gasteiger partial charge is 0.462 e. The van der Waals surface area contributed by atoms with Crippen LogP contribution in [-0.2, 0) is 9.53 Å². The molecule has 0 aliphatic carbocycles. The van der Waals surface area contributed by atoms with Gasteiger partial charge in [-0.3, -0.25) is 4.79 Å². The van der Waals surface area contributed by atoms with E-state index in [-0.39, 0.29) is 17.9 Å². The minimum atomic E-state index is -0.403. The number of benzene rings is 1. The van der Waals surface area contributed by atoms with Crippen LogP contribution in [0, 0.1) is 5.92 Å². The lowest BCUT2D eigenvalue weighted by molar-refractivity contribution is -0.120. The van der Waals surface area contributed by atoms with E-state index in [0.29, 0.717) is 23.9 Å². The normalized spacial score (nSPS) is 26.6. The van der Waals surface area contributed by atoms with Crippen LogP contribution in [0.5, 0.6) is 0 Å². The fourth-order valence-corrected chi connectivity index (χ4v) is 3.32. The SMILES string of the molecule is CCOC(=O)c1ccccc1NC(=O)C1CC2CCC1N2. The van der Waals surface area contributed by atoms with Crippen LogP contribution in [0.25, 0.3) is 0 Å². The highest BCUT2D eigenvalue weighted by atomic mass is 16.5. The van der Waals surface area contributed by atoms with E-state index in [1.807, 2.05) is 0 Å². The maximum Gasteiger partial charge on any atom is 0.340 e. The molecule has 2 heterocycles. The van der Waals surface area contributed by atoms with Crippen LogP contribution < -0.4 is 10.6 Å². The standard InChI is InChI=1S/C16H20N2O3/c1-2-21-16(20)11-5-3-4-6-13(11)18-15(19)12-9-10-7-8-14(12)17-10/h3-6,10,12,14,17H,2,7-9H2,1H3,(H,18,19). The summed E-state index contributed by atoms with van der Waals surface area (Å²) in [6.45, 7) is 2.08. The van der Waals surface area contributed by atoms with E-state index in [0.717, 1.165) is 19.3 Å². The van der Waals surface area contributed by atoms with Gasteiger partial charge in [-0.25, -0.2) is 4.79 Å². The maximum atomic E-state index is 12.4. The molecule has 0 aromatic heterocycles. The van der Waals surface area contributed by atoms with Gasteiger partial charge in [0.15, 0.2) is 0 Å². The Balaban J connectivity index is 1.73. The average molecular weight is 288 g/mol. The summed E-state index contributed by atoms with van der Waals surface area (Å²) < 4.78 is 5.02. The molecule has 0 saturated carbocycles. The van der Waals surface area contributed by atoms with Crippen molar-refractivity contribution in [2.24, 2.45) is 5.92 Å². The zero-order valence-electron chi connectivity index (χ0n) is 12.1. The van der Waals surface area contributed by atoms with Crippen LogP contribution in [0.15, 0.2) is 24.3 Å². The number of esters is 1. The molecule has 3 rings (SSSR count). The molecule has 3 atom stereocenters.